The molecule has 92 valence electrons. The maximum absolute atomic E-state index is 10.4. The van der Waals surface area contributed by atoms with Crippen LogP contribution in [0.15, 0.2) is 24.3 Å². The van der Waals surface area contributed by atoms with Gasteiger partial charge in [-0.25, -0.2) is 4.79 Å². The Morgan fingerprint density at radius 1 is 1.53 bits per heavy atom. The number of aliphatic carboxylic acids is 1. The van der Waals surface area contributed by atoms with Crippen LogP contribution in [0.2, 0.25) is 5.02 Å². The van der Waals surface area contributed by atoms with Gasteiger partial charge in [0.15, 0.2) is 0 Å². The summed E-state index contributed by atoms with van der Waals surface area (Å²) >= 11 is 6.02. The molecule has 1 aromatic rings. The minimum atomic E-state index is -0.982. The van der Waals surface area contributed by atoms with Crippen LogP contribution in [0.1, 0.15) is 25.3 Å². The van der Waals surface area contributed by atoms with Crippen molar-refractivity contribution in [2.45, 2.75) is 19.8 Å². The van der Waals surface area contributed by atoms with Crippen molar-refractivity contribution >= 4 is 23.6 Å². The zero-order chi connectivity index (χ0) is 12.7. The van der Waals surface area contributed by atoms with E-state index in [9.17, 15) is 4.79 Å². The molecular weight excluding hydrogens is 240 g/mol. The topological polar surface area (TPSA) is 46.5 Å². The summed E-state index contributed by atoms with van der Waals surface area (Å²) in [7, 11) is 0. The van der Waals surface area contributed by atoms with Gasteiger partial charge in [-0.1, -0.05) is 31.0 Å². The predicted octanol–water partition coefficient (Wildman–Crippen LogP) is 3.62. The van der Waals surface area contributed by atoms with Crippen LogP contribution >= 0.6 is 11.6 Å². The second-order valence-corrected chi connectivity index (χ2v) is 3.97. The van der Waals surface area contributed by atoms with Crippen molar-refractivity contribution in [2.24, 2.45) is 0 Å². The minimum absolute atomic E-state index is 0.494. The molecule has 0 saturated heterocycles. The highest BCUT2D eigenvalue weighted by atomic mass is 35.5. The van der Waals surface area contributed by atoms with E-state index in [4.69, 9.17) is 21.4 Å². The van der Waals surface area contributed by atoms with E-state index in [0.29, 0.717) is 17.4 Å². The fourth-order valence-corrected chi connectivity index (χ4v) is 1.48. The zero-order valence-electron chi connectivity index (χ0n) is 9.65. The van der Waals surface area contributed by atoms with E-state index in [1.165, 1.54) is 6.08 Å². The SMILES string of the molecule is CCCCOc1ccc(C=CC(=O)O)cc1Cl. The van der Waals surface area contributed by atoms with Gasteiger partial charge in [-0.15, -0.1) is 0 Å². The van der Waals surface area contributed by atoms with E-state index >= 15 is 0 Å². The van der Waals surface area contributed by atoms with Gasteiger partial charge in [-0.3, -0.25) is 0 Å². The van der Waals surface area contributed by atoms with Crippen LogP contribution in [0.3, 0.4) is 0 Å². The van der Waals surface area contributed by atoms with E-state index < -0.39 is 5.97 Å². The summed E-state index contributed by atoms with van der Waals surface area (Å²) in [4.78, 5) is 10.4. The Hall–Kier alpha value is -1.48. The lowest BCUT2D eigenvalue weighted by Gasteiger charge is -2.07. The Morgan fingerprint density at radius 3 is 2.88 bits per heavy atom. The molecule has 17 heavy (non-hydrogen) atoms. The highest BCUT2D eigenvalue weighted by Gasteiger charge is 2.01. The van der Waals surface area contributed by atoms with E-state index in [1.54, 1.807) is 18.2 Å². The standard InChI is InChI=1S/C13H15ClO3/c1-2-3-8-17-12-6-4-10(9-11(12)14)5-7-13(15)16/h4-7,9H,2-3,8H2,1H3,(H,15,16). The second kappa shape index (κ2) is 6.97. The van der Waals surface area contributed by atoms with Crippen molar-refractivity contribution in [3.8, 4) is 5.75 Å². The highest BCUT2D eigenvalue weighted by molar-refractivity contribution is 6.32. The van der Waals surface area contributed by atoms with Gasteiger partial charge in [-0.05, 0) is 30.2 Å². The third kappa shape index (κ3) is 4.91. The van der Waals surface area contributed by atoms with Crippen molar-refractivity contribution in [3.63, 3.8) is 0 Å². The minimum Gasteiger partial charge on any atom is -0.492 e. The van der Waals surface area contributed by atoms with Crippen LogP contribution < -0.4 is 4.74 Å². The first-order valence-electron chi connectivity index (χ1n) is 5.47. The first-order chi connectivity index (χ1) is 8.13. The van der Waals surface area contributed by atoms with Gasteiger partial charge in [0, 0.05) is 6.08 Å². The molecule has 0 unspecified atom stereocenters. The quantitative estimate of drug-likeness (QED) is 0.623. The van der Waals surface area contributed by atoms with E-state index in [1.807, 2.05) is 0 Å². The number of carbonyl (C=O) groups is 1. The van der Waals surface area contributed by atoms with Crippen LogP contribution in [0.25, 0.3) is 6.08 Å². The number of hydrogen-bond acceptors (Lipinski definition) is 2. The van der Waals surface area contributed by atoms with Gasteiger partial charge in [0.25, 0.3) is 0 Å². The van der Waals surface area contributed by atoms with Crippen LogP contribution in [0, 0.1) is 0 Å². The van der Waals surface area contributed by atoms with E-state index in [0.717, 1.165) is 24.5 Å². The number of rotatable bonds is 6. The zero-order valence-corrected chi connectivity index (χ0v) is 10.4. The van der Waals surface area contributed by atoms with Crippen molar-refractivity contribution in [2.75, 3.05) is 6.61 Å². The summed E-state index contributed by atoms with van der Waals surface area (Å²) in [5.74, 6) is -0.350. The van der Waals surface area contributed by atoms with E-state index in [2.05, 4.69) is 6.92 Å². The number of carboxylic acid groups (broad SMARTS) is 1. The first-order valence-corrected chi connectivity index (χ1v) is 5.84. The molecule has 0 atom stereocenters. The molecule has 1 N–H and O–H groups in total. The fraction of sp³-hybridized carbons (Fsp3) is 0.308. The average molecular weight is 255 g/mol. The van der Waals surface area contributed by atoms with Crippen molar-refractivity contribution in [1.82, 2.24) is 0 Å². The molecule has 0 aliphatic carbocycles. The summed E-state index contributed by atoms with van der Waals surface area (Å²) in [6.07, 6.45) is 4.61. The summed E-state index contributed by atoms with van der Waals surface area (Å²) in [6, 6.07) is 5.20. The van der Waals surface area contributed by atoms with Gasteiger partial charge in [-0.2, -0.15) is 0 Å². The van der Waals surface area contributed by atoms with E-state index in [-0.39, 0.29) is 0 Å². The molecule has 3 nitrogen and oxygen atoms in total. The van der Waals surface area contributed by atoms with Crippen LogP contribution in [0.5, 0.6) is 5.75 Å². The molecular formula is C13H15ClO3. The number of unbranched alkanes of at least 4 members (excludes halogenated alkanes) is 1. The largest absolute Gasteiger partial charge is 0.492 e. The second-order valence-electron chi connectivity index (χ2n) is 3.56. The molecule has 0 aliphatic heterocycles. The van der Waals surface area contributed by atoms with Crippen molar-refractivity contribution in [1.29, 1.82) is 0 Å². The number of hydrogen-bond donors (Lipinski definition) is 1. The summed E-state index contributed by atoms with van der Waals surface area (Å²) < 4.78 is 5.49. The van der Waals surface area contributed by atoms with Gasteiger partial charge in [0.05, 0.1) is 11.6 Å². The summed E-state index contributed by atoms with van der Waals surface area (Å²) in [5, 5.41) is 8.99. The predicted molar refractivity (Wildman–Crippen MR) is 68.5 cm³/mol. The van der Waals surface area contributed by atoms with Crippen LogP contribution in [-0.4, -0.2) is 17.7 Å². The molecule has 0 aliphatic rings. The average Bonchev–Trinajstić information content (AvgIpc) is 2.29. The molecule has 0 heterocycles. The monoisotopic (exact) mass is 254 g/mol. The lowest BCUT2D eigenvalue weighted by Crippen LogP contribution is -1.97. The molecule has 0 aromatic heterocycles. The molecule has 4 heteroatoms. The first kappa shape index (κ1) is 13.6. The molecule has 0 saturated carbocycles. The fourth-order valence-electron chi connectivity index (χ4n) is 1.23. The Labute approximate surface area is 106 Å². The Kier molecular flexibility index (Phi) is 5.57. The normalized spacial score (nSPS) is 10.7. The smallest absolute Gasteiger partial charge is 0.328 e. The third-order valence-electron chi connectivity index (χ3n) is 2.13. The summed E-state index contributed by atoms with van der Waals surface area (Å²) in [6.45, 7) is 2.73. The Bertz CT molecular complexity index is 413. The Balaban J connectivity index is 2.69. The molecule has 0 bridgehead atoms. The molecule has 0 spiro atoms. The van der Waals surface area contributed by atoms with Crippen LogP contribution in [-0.2, 0) is 4.79 Å². The van der Waals surface area contributed by atoms with Gasteiger partial charge >= 0.3 is 5.97 Å². The molecule has 0 fully saturated rings. The number of carboxylic acids is 1. The number of ether oxygens (including phenoxy) is 1. The van der Waals surface area contributed by atoms with Gasteiger partial charge in [0.1, 0.15) is 5.75 Å². The number of halogens is 1. The molecule has 0 radical (unpaired) electrons. The molecule has 1 rings (SSSR count). The Morgan fingerprint density at radius 2 is 2.29 bits per heavy atom. The van der Waals surface area contributed by atoms with Crippen LogP contribution in [0.4, 0.5) is 0 Å². The van der Waals surface area contributed by atoms with Gasteiger partial charge in [0.2, 0.25) is 0 Å². The number of benzene rings is 1. The molecule has 1 aromatic carbocycles. The maximum Gasteiger partial charge on any atom is 0.328 e. The lowest BCUT2D eigenvalue weighted by molar-refractivity contribution is -0.131. The molecule has 0 amide bonds. The third-order valence-corrected chi connectivity index (χ3v) is 2.43. The maximum atomic E-state index is 10.4. The lowest BCUT2D eigenvalue weighted by atomic mass is 10.2. The van der Waals surface area contributed by atoms with Gasteiger partial charge < -0.3 is 9.84 Å². The summed E-state index contributed by atoms with van der Waals surface area (Å²) in [5.41, 5.74) is 0.736. The van der Waals surface area contributed by atoms with Crippen molar-refractivity contribution < 1.29 is 14.6 Å². The highest BCUT2D eigenvalue weighted by Crippen LogP contribution is 2.26. The van der Waals surface area contributed by atoms with Crippen molar-refractivity contribution in [3.05, 3.63) is 34.9 Å².